The molecular formula is C25H37N5O2. The molecule has 1 heterocycles. The van der Waals surface area contributed by atoms with Crippen molar-refractivity contribution in [3.05, 3.63) is 54.1 Å². The highest BCUT2D eigenvalue weighted by atomic mass is 16.5. The summed E-state index contributed by atoms with van der Waals surface area (Å²) < 4.78 is 11.4. The lowest BCUT2D eigenvalue weighted by Gasteiger charge is -2.22. The minimum absolute atomic E-state index is 0.332. The van der Waals surface area contributed by atoms with Crippen LogP contribution in [0.2, 0.25) is 0 Å². The number of anilines is 1. The third kappa shape index (κ3) is 7.05. The Hall–Kier alpha value is -2.93. The van der Waals surface area contributed by atoms with Gasteiger partial charge in [-0.1, -0.05) is 24.3 Å². The van der Waals surface area contributed by atoms with E-state index in [2.05, 4.69) is 51.6 Å². The summed E-state index contributed by atoms with van der Waals surface area (Å²) in [5.41, 5.74) is 2.28. The number of nitrogens with one attached hydrogen (secondary N) is 2. The number of benzene rings is 2. The molecule has 1 aliphatic rings. The van der Waals surface area contributed by atoms with Gasteiger partial charge in [0.1, 0.15) is 18.1 Å². The molecule has 2 N–H and O–H groups in total. The molecule has 174 valence electrons. The highest BCUT2D eigenvalue weighted by Gasteiger charge is 2.25. The van der Waals surface area contributed by atoms with Crippen LogP contribution in [0.4, 0.5) is 5.69 Å². The largest absolute Gasteiger partial charge is 0.495 e. The maximum atomic E-state index is 5.85. The van der Waals surface area contributed by atoms with E-state index in [-0.39, 0.29) is 0 Å². The number of para-hydroxylation sites is 2. The van der Waals surface area contributed by atoms with Crippen LogP contribution in [0.15, 0.2) is 53.5 Å². The smallest absolute Gasteiger partial charge is 0.191 e. The zero-order chi connectivity index (χ0) is 22.8. The molecular weight excluding hydrogens is 402 g/mol. The molecule has 2 aromatic rings. The van der Waals surface area contributed by atoms with Crippen molar-refractivity contribution in [1.82, 2.24) is 15.5 Å². The van der Waals surface area contributed by atoms with Gasteiger partial charge in [0.25, 0.3) is 0 Å². The summed E-state index contributed by atoms with van der Waals surface area (Å²) in [6.07, 6.45) is 1.05. The van der Waals surface area contributed by atoms with Crippen LogP contribution in [0.3, 0.4) is 0 Å². The molecule has 1 saturated heterocycles. The van der Waals surface area contributed by atoms with E-state index < -0.39 is 0 Å². The number of ether oxygens (including phenoxy) is 2. The van der Waals surface area contributed by atoms with Crippen LogP contribution in [0.25, 0.3) is 0 Å². The molecule has 0 saturated carbocycles. The lowest BCUT2D eigenvalue weighted by Crippen LogP contribution is -2.44. The van der Waals surface area contributed by atoms with E-state index >= 15 is 0 Å². The summed E-state index contributed by atoms with van der Waals surface area (Å²) in [4.78, 5) is 9.30. The Balaban J connectivity index is 1.57. The molecule has 1 atom stereocenters. The SMILES string of the molecule is CCNC(=NCc1cccc(OCCN(C)C)c1)NC1CCN(c2ccccc2OC)C1. The molecule has 32 heavy (non-hydrogen) atoms. The molecule has 0 amide bonds. The average molecular weight is 440 g/mol. The Labute approximate surface area is 192 Å². The first-order valence-corrected chi connectivity index (χ1v) is 11.4. The maximum Gasteiger partial charge on any atom is 0.191 e. The summed E-state index contributed by atoms with van der Waals surface area (Å²) in [5.74, 6) is 2.65. The molecule has 7 heteroatoms. The average Bonchev–Trinajstić information content (AvgIpc) is 3.26. The third-order valence-electron chi connectivity index (χ3n) is 5.42. The van der Waals surface area contributed by atoms with E-state index in [0.717, 1.165) is 61.3 Å². The second-order valence-corrected chi connectivity index (χ2v) is 8.24. The predicted octanol–water partition coefficient (Wildman–Crippen LogP) is 2.97. The fourth-order valence-electron chi connectivity index (χ4n) is 3.75. The van der Waals surface area contributed by atoms with E-state index in [1.54, 1.807) is 7.11 Å². The zero-order valence-corrected chi connectivity index (χ0v) is 19.8. The topological polar surface area (TPSA) is 61.4 Å². The molecule has 0 radical (unpaired) electrons. The highest BCUT2D eigenvalue weighted by Crippen LogP contribution is 2.30. The summed E-state index contributed by atoms with van der Waals surface area (Å²) >= 11 is 0. The van der Waals surface area contributed by atoms with Gasteiger partial charge in [0, 0.05) is 32.2 Å². The lowest BCUT2D eigenvalue weighted by atomic mass is 10.2. The normalized spacial score (nSPS) is 16.3. The van der Waals surface area contributed by atoms with Gasteiger partial charge in [-0.25, -0.2) is 4.99 Å². The van der Waals surface area contributed by atoms with Crippen LogP contribution in [0.1, 0.15) is 18.9 Å². The van der Waals surface area contributed by atoms with E-state index in [4.69, 9.17) is 14.5 Å². The number of likely N-dealkylation sites (N-methyl/N-ethyl adjacent to an activating group) is 1. The van der Waals surface area contributed by atoms with Crippen molar-refractivity contribution < 1.29 is 9.47 Å². The molecule has 0 aromatic heterocycles. The molecule has 0 bridgehead atoms. The van der Waals surface area contributed by atoms with Crippen molar-refractivity contribution in [3.63, 3.8) is 0 Å². The van der Waals surface area contributed by atoms with Gasteiger partial charge < -0.3 is 29.9 Å². The van der Waals surface area contributed by atoms with Gasteiger partial charge in [-0.3, -0.25) is 0 Å². The number of rotatable bonds is 10. The fourth-order valence-corrected chi connectivity index (χ4v) is 3.75. The van der Waals surface area contributed by atoms with Crippen molar-refractivity contribution >= 4 is 11.6 Å². The van der Waals surface area contributed by atoms with Gasteiger partial charge in [-0.2, -0.15) is 0 Å². The summed E-state index contributed by atoms with van der Waals surface area (Å²) in [6.45, 7) is 6.99. The second kappa shape index (κ2) is 12.2. The molecule has 2 aromatic carbocycles. The minimum atomic E-state index is 0.332. The molecule has 0 spiro atoms. The van der Waals surface area contributed by atoms with Gasteiger partial charge in [0.05, 0.1) is 19.3 Å². The quantitative estimate of drug-likeness (QED) is 0.438. The zero-order valence-electron chi connectivity index (χ0n) is 19.8. The van der Waals surface area contributed by atoms with Crippen LogP contribution in [0, 0.1) is 0 Å². The second-order valence-electron chi connectivity index (χ2n) is 8.24. The molecule has 1 aliphatic heterocycles. The predicted molar refractivity (Wildman–Crippen MR) is 132 cm³/mol. The molecule has 0 aliphatic carbocycles. The van der Waals surface area contributed by atoms with Crippen molar-refractivity contribution in [3.8, 4) is 11.5 Å². The standard InChI is InChI=1S/C25H37N5O2/c1-5-26-25(27-18-20-9-8-10-22(17-20)32-16-15-29(2)3)28-21-13-14-30(19-21)23-11-6-7-12-24(23)31-4/h6-12,17,21H,5,13-16,18-19H2,1-4H3,(H2,26,27,28). The van der Waals surface area contributed by atoms with Crippen molar-refractivity contribution in [2.45, 2.75) is 25.9 Å². The first-order valence-electron chi connectivity index (χ1n) is 11.4. The van der Waals surface area contributed by atoms with Gasteiger partial charge in [0.15, 0.2) is 5.96 Å². The number of guanidine groups is 1. The van der Waals surface area contributed by atoms with Crippen molar-refractivity contribution in [1.29, 1.82) is 0 Å². The first-order chi connectivity index (χ1) is 15.6. The number of nitrogens with zero attached hydrogens (tertiary/aromatic N) is 3. The molecule has 7 nitrogen and oxygen atoms in total. The van der Waals surface area contributed by atoms with Crippen LogP contribution in [-0.2, 0) is 6.54 Å². The van der Waals surface area contributed by atoms with Gasteiger partial charge >= 0.3 is 0 Å². The van der Waals surface area contributed by atoms with Crippen LogP contribution < -0.4 is 25.0 Å². The lowest BCUT2D eigenvalue weighted by molar-refractivity contribution is 0.261. The van der Waals surface area contributed by atoms with E-state index in [1.165, 1.54) is 0 Å². The molecule has 3 rings (SSSR count). The Morgan fingerprint density at radius 1 is 1.19 bits per heavy atom. The molecule has 1 fully saturated rings. The summed E-state index contributed by atoms with van der Waals surface area (Å²) in [7, 11) is 5.82. The van der Waals surface area contributed by atoms with Crippen molar-refractivity contribution in [2.24, 2.45) is 4.99 Å². The minimum Gasteiger partial charge on any atom is -0.495 e. The maximum absolute atomic E-state index is 5.85. The fraction of sp³-hybridized carbons (Fsp3) is 0.480. The summed E-state index contributed by atoms with van der Waals surface area (Å²) in [6, 6.07) is 16.7. The van der Waals surface area contributed by atoms with E-state index in [0.29, 0.717) is 19.2 Å². The van der Waals surface area contributed by atoms with E-state index in [9.17, 15) is 0 Å². The van der Waals surface area contributed by atoms with Crippen LogP contribution in [-0.4, -0.2) is 70.9 Å². The summed E-state index contributed by atoms with van der Waals surface area (Å²) in [5, 5.41) is 6.98. The van der Waals surface area contributed by atoms with Gasteiger partial charge in [-0.05, 0) is 57.3 Å². The van der Waals surface area contributed by atoms with Gasteiger partial charge in [0.2, 0.25) is 0 Å². The Morgan fingerprint density at radius 3 is 2.81 bits per heavy atom. The number of hydrogen-bond donors (Lipinski definition) is 2. The number of methoxy groups -OCH3 is 1. The van der Waals surface area contributed by atoms with Crippen LogP contribution >= 0.6 is 0 Å². The van der Waals surface area contributed by atoms with Crippen molar-refractivity contribution in [2.75, 3.05) is 58.9 Å². The third-order valence-corrected chi connectivity index (χ3v) is 5.42. The van der Waals surface area contributed by atoms with E-state index in [1.807, 2.05) is 38.4 Å². The Morgan fingerprint density at radius 2 is 2.03 bits per heavy atom. The highest BCUT2D eigenvalue weighted by molar-refractivity contribution is 5.80. The van der Waals surface area contributed by atoms with Crippen LogP contribution in [0.5, 0.6) is 11.5 Å². The molecule has 1 unspecified atom stereocenters. The Bertz CT molecular complexity index is 871. The van der Waals surface area contributed by atoms with Gasteiger partial charge in [-0.15, -0.1) is 0 Å². The number of hydrogen-bond acceptors (Lipinski definition) is 5. The Kier molecular flexibility index (Phi) is 9.04. The first kappa shape index (κ1) is 23.7. The monoisotopic (exact) mass is 439 g/mol. The number of aliphatic imine (C=N–C) groups is 1.